The summed E-state index contributed by atoms with van der Waals surface area (Å²) in [5.41, 5.74) is 1.36. The van der Waals surface area contributed by atoms with Crippen molar-refractivity contribution in [1.82, 2.24) is 4.90 Å². The standard InChI is InChI=1S/C14H18ClNO3/c1-10-11(6-4-7-12(10)15)14(18)16(2)9-5-8-13(17)19-3/h4,6-7H,5,8-9H2,1-3H3. The van der Waals surface area contributed by atoms with Gasteiger partial charge in [-0.25, -0.2) is 0 Å². The molecule has 5 heteroatoms. The number of halogens is 1. The maximum Gasteiger partial charge on any atom is 0.305 e. The van der Waals surface area contributed by atoms with E-state index in [9.17, 15) is 9.59 Å². The molecule has 0 saturated heterocycles. The topological polar surface area (TPSA) is 46.6 Å². The zero-order valence-electron chi connectivity index (χ0n) is 11.4. The van der Waals surface area contributed by atoms with Crippen LogP contribution in [-0.4, -0.2) is 37.5 Å². The SMILES string of the molecule is COC(=O)CCCN(C)C(=O)c1cccc(Cl)c1C. The Hall–Kier alpha value is -1.55. The molecule has 0 aliphatic heterocycles. The van der Waals surface area contributed by atoms with Crippen LogP contribution in [0.4, 0.5) is 0 Å². The third kappa shape index (κ3) is 4.24. The molecule has 0 unspecified atom stereocenters. The molecule has 1 amide bonds. The van der Waals surface area contributed by atoms with Crippen LogP contribution in [0.3, 0.4) is 0 Å². The first-order valence-electron chi connectivity index (χ1n) is 6.04. The van der Waals surface area contributed by atoms with E-state index >= 15 is 0 Å². The van der Waals surface area contributed by atoms with Gasteiger partial charge in [0.25, 0.3) is 5.91 Å². The molecule has 4 nitrogen and oxygen atoms in total. The minimum atomic E-state index is -0.264. The molecular formula is C14H18ClNO3. The van der Waals surface area contributed by atoms with Crippen molar-refractivity contribution in [2.24, 2.45) is 0 Å². The number of carbonyl (C=O) groups is 2. The molecule has 0 radical (unpaired) electrons. The normalized spacial score (nSPS) is 10.1. The van der Waals surface area contributed by atoms with Gasteiger partial charge < -0.3 is 9.64 Å². The zero-order chi connectivity index (χ0) is 14.4. The summed E-state index contributed by atoms with van der Waals surface area (Å²) in [4.78, 5) is 24.8. The van der Waals surface area contributed by atoms with Crippen molar-refractivity contribution in [3.05, 3.63) is 34.3 Å². The van der Waals surface area contributed by atoms with Gasteiger partial charge in [0.05, 0.1) is 7.11 Å². The predicted molar refractivity (Wildman–Crippen MR) is 74.4 cm³/mol. The second-order valence-corrected chi connectivity index (χ2v) is 4.73. The van der Waals surface area contributed by atoms with E-state index in [1.165, 1.54) is 7.11 Å². The highest BCUT2D eigenvalue weighted by atomic mass is 35.5. The van der Waals surface area contributed by atoms with E-state index in [-0.39, 0.29) is 11.9 Å². The second-order valence-electron chi connectivity index (χ2n) is 4.32. The van der Waals surface area contributed by atoms with Gasteiger partial charge >= 0.3 is 5.97 Å². The molecule has 19 heavy (non-hydrogen) atoms. The number of esters is 1. The lowest BCUT2D eigenvalue weighted by Gasteiger charge is -2.18. The van der Waals surface area contributed by atoms with Crippen LogP contribution in [0.15, 0.2) is 18.2 Å². The van der Waals surface area contributed by atoms with E-state index in [4.69, 9.17) is 11.6 Å². The molecule has 0 N–H and O–H groups in total. The average Bonchev–Trinajstić information content (AvgIpc) is 2.40. The van der Waals surface area contributed by atoms with E-state index in [1.54, 1.807) is 30.1 Å². The van der Waals surface area contributed by atoms with Crippen LogP contribution in [0.1, 0.15) is 28.8 Å². The number of amides is 1. The number of rotatable bonds is 5. The monoisotopic (exact) mass is 283 g/mol. The smallest absolute Gasteiger partial charge is 0.305 e. The Kier molecular flexibility index (Phi) is 5.83. The highest BCUT2D eigenvalue weighted by Crippen LogP contribution is 2.19. The molecule has 104 valence electrons. The molecule has 0 fully saturated rings. The lowest BCUT2D eigenvalue weighted by molar-refractivity contribution is -0.140. The molecule has 0 aliphatic carbocycles. The van der Waals surface area contributed by atoms with Crippen molar-refractivity contribution in [3.63, 3.8) is 0 Å². The molecule has 0 saturated carbocycles. The lowest BCUT2D eigenvalue weighted by atomic mass is 10.1. The average molecular weight is 284 g/mol. The number of hydrogen-bond donors (Lipinski definition) is 0. The van der Waals surface area contributed by atoms with E-state index in [0.29, 0.717) is 30.0 Å². The lowest BCUT2D eigenvalue weighted by Crippen LogP contribution is -2.28. The zero-order valence-corrected chi connectivity index (χ0v) is 12.2. The van der Waals surface area contributed by atoms with Crippen LogP contribution < -0.4 is 0 Å². The number of nitrogens with zero attached hydrogens (tertiary/aromatic N) is 1. The number of methoxy groups -OCH3 is 1. The molecule has 1 aromatic rings. The summed E-state index contributed by atoms with van der Waals surface area (Å²) in [6, 6.07) is 5.26. The van der Waals surface area contributed by atoms with Crippen molar-refractivity contribution in [3.8, 4) is 0 Å². The van der Waals surface area contributed by atoms with Crippen LogP contribution >= 0.6 is 11.6 Å². The molecular weight excluding hydrogens is 266 g/mol. The summed E-state index contributed by atoms with van der Waals surface area (Å²) in [6.07, 6.45) is 0.886. The Balaban J connectivity index is 2.62. The minimum absolute atomic E-state index is 0.0927. The van der Waals surface area contributed by atoms with Crippen LogP contribution in [0.5, 0.6) is 0 Å². The molecule has 0 heterocycles. The third-order valence-corrected chi connectivity index (χ3v) is 3.36. The quantitative estimate of drug-likeness (QED) is 0.781. The minimum Gasteiger partial charge on any atom is -0.469 e. The predicted octanol–water partition coefficient (Wildman–Crippen LogP) is 2.67. The highest BCUT2D eigenvalue weighted by molar-refractivity contribution is 6.31. The number of hydrogen-bond acceptors (Lipinski definition) is 3. The van der Waals surface area contributed by atoms with Gasteiger partial charge in [0.2, 0.25) is 0 Å². The molecule has 0 bridgehead atoms. The molecule has 1 aromatic carbocycles. The second kappa shape index (κ2) is 7.14. The van der Waals surface area contributed by atoms with Gasteiger partial charge in [-0.15, -0.1) is 0 Å². The maximum atomic E-state index is 12.2. The van der Waals surface area contributed by atoms with E-state index in [1.807, 2.05) is 6.92 Å². The largest absolute Gasteiger partial charge is 0.469 e. The first kappa shape index (κ1) is 15.5. The van der Waals surface area contributed by atoms with Gasteiger partial charge in [0.15, 0.2) is 0 Å². The first-order chi connectivity index (χ1) is 8.97. The Morgan fingerprint density at radius 1 is 1.37 bits per heavy atom. The summed E-state index contributed by atoms with van der Waals surface area (Å²) >= 11 is 6.00. The summed E-state index contributed by atoms with van der Waals surface area (Å²) in [5.74, 6) is -0.357. The summed E-state index contributed by atoms with van der Waals surface area (Å²) in [5, 5.41) is 0.578. The summed E-state index contributed by atoms with van der Waals surface area (Å²) in [6.45, 7) is 2.32. The van der Waals surface area contributed by atoms with Crippen molar-refractivity contribution in [2.75, 3.05) is 20.7 Å². The fourth-order valence-electron chi connectivity index (χ4n) is 1.71. The fourth-order valence-corrected chi connectivity index (χ4v) is 1.88. The Morgan fingerprint density at radius 3 is 2.68 bits per heavy atom. The van der Waals surface area contributed by atoms with Gasteiger partial charge in [-0.05, 0) is 31.0 Å². The maximum absolute atomic E-state index is 12.2. The van der Waals surface area contributed by atoms with Gasteiger partial charge in [0, 0.05) is 30.6 Å². The molecule has 0 spiro atoms. The van der Waals surface area contributed by atoms with E-state index in [2.05, 4.69) is 4.74 Å². The van der Waals surface area contributed by atoms with Crippen molar-refractivity contribution >= 4 is 23.5 Å². The van der Waals surface area contributed by atoms with Crippen molar-refractivity contribution in [1.29, 1.82) is 0 Å². The number of ether oxygens (including phenoxy) is 1. The Bertz CT molecular complexity index is 474. The fraction of sp³-hybridized carbons (Fsp3) is 0.429. The van der Waals surface area contributed by atoms with Crippen LogP contribution in [-0.2, 0) is 9.53 Å². The first-order valence-corrected chi connectivity index (χ1v) is 6.42. The van der Waals surface area contributed by atoms with Gasteiger partial charge in [-0.2, -0.15) is 0 Å². The van der Waals surface area contributed by atoms with Crippen LogP contribution in [0.2, 0.25) is 5.02 Å². The van der Waals surface area contributed by atoms with E-state index in [0.717, 1.165) is 5.56 Å². The Labute approximate surface area is 118 Å². The van der Waals surface area contributed by atoms with Crippen LogP contribution in [0.25, 0.3) is 0 Å². The van der Waals surface area contributed by atoms with Crippen molar-refractivity contribution in [2.45, 2.75) is 19.8 Å². The molecule has 0 atom stereocenters. The summed E-state index contributed by atoms with van der Waals surface area (Å²) in [7, 11) is 3.06. The molecule has 0 aromatic heterocycles. The van der Waals surface area contributed by atoms with Gasteiger partial charge in [0.1, 0.15) is 0 Å². The van der Waals surface area contributed by atoms with E-state index < -0.39 is 0 Å². The molecule has 1 rings (SSSR count). The van der Waals surface area contributed by atoms with Gasteiger partial charge in [-0.3, -0.25) is 9.59 Å². The number of benzene rings is 1. The third-order valence-electron chi connectivity index (χ3n) is 2.95. The highest BCUT2D eigenvalue weighted by Gasteiger charge is 2.15. The van der Waals surface area contributed by atoms with Crippen LogP contribution in [0, 0.1) is 6.92 Å². The summed E-state index contributed by atoms with van der Waals surface area (Å²) < 4.78 is 4.55. The van der Waals surface area contributed by atoms with Crippen molar-refractivity contribution < 1.29 is 14.3 Å². The number of carbonyl (C=O) groups excluding carboxylic acids is 2. The van der Waals surface area contributed by atoms with Gasteiger partial charge in [-0.1, -0.05) is 17.7 Å². The molecule has 0 aliphatic rings. The Morgan fingerprint density at radius 2 is 2.05 bits per heavy atom.